The van der Waals surface area contributed by atoms with Gasteiger partial charge in [0.25, 0.3) is 0 Å². The number of anilines is 3. The molecule has 0 bridgehead atoms. The van der Waals surface area contributed by atoms with Crippen LogP contribution in [-0.2, 0) is 16.4 Å². The molecule has 7 N–H and O–H groups in total. The number of carbonyl (C=O) groups is 1. The van der Waals surface area contributed by atoms with E-state index in [9.17, 15) is 23.4 Å². The maximum absolute atomic E-state index is 13.0. The van der Waals surface area contributed by atoms with E-state index in [1.54, 1.807) is 17.2 Å². The van der Waals surface area contributed by atoms with E-state index < -0.39 is 40.3 Å². The van der Waals surface area contributed by atoms with Gasteiger partial charge < -0.3 is 35.6 Å². The molecule has 8 rings (SSSR count). The average Bonchev–Trinajstić information content (AvgIpc) is 4.03. The number of hydrogen-bond donors (Lipinski definition) is 6. The van der Waals surface area contributed by atoms with Gasteiger partial charge in [-0.2, -0.15) is 15.1 Å². The Hall–Kier alpha value is -5.59. The number of hydrogen-bond acceptors (Lipinski definition) is 11. The second-order valence-electron chi connectivity index (χ2n) is 14.6. The van der Waals surface area contributed by atoms with E-state index in [-0.39, 0.29) is 29.3 Å². The summed E-state index contributed by atoms with van der Waals surface area (Å²) >= 11 is 0. The van der Waals surface area contributed by atoms with Crippen molar-refractivity contribution >= 4 is 57.1 Å². The second-order valence-corrected chi connectivity index (χ2v) is 16.1. The number of primary sulfonamides is 1. The van der Waals surface area contributed by atoms with Crippen molar-refractivity contribution in [2.24, 2.45) is 5.14 Å². The monoisotopic (exact) mass is 827 g/mol. The fraction of sp³-hybridized carbons (Fsp3) is 0.325. The summed E-state index contributed by atoms with van der Waals surface area (Å²) < 4.78 is 26.8. The number of carbonyl (C=O) groups excluding carboxylic acids is 1. The van der Waals surface area contributed by atoms with Crippen molar-refractivity contribution < 1.29 is 23.4 Å². The van der Waals surface area contributed by atoms with Crippen LogP contribution in [0.1, 0.15) is 54.5 Å². The molecule has 18 heteroatoms. The number of nitrogens with one attached hydrogen (secondary N) is 3. The zero-order valence-electron chi connectivity index (χ0n) is 31.7. The van der Waals surface area contributed by atoms with Crippen LogP contribution in [0, 0.1) is 0 Å². The highest BCUT2D eigenvalue weighted by Crippen LogP contribution is 2.40. The maximum Gasteiger partial charge on any atom is 0.319 e. The highest BCUT2D eigenvalue weighted by atomic mass is 35.5. The maximum atomic E-state index is 13.0. The van der Waals surface area contributed by atoms with E-state index >= 15 is 0 Å². The summed E-state index contributed by atoms with van der Waals surface area (Å²) in [6, 6.07) is 24.4. The third-order valence-electron chi connectivity index (χ3n) is 10.9. The molecule has 58 heavy (non-hydrogen) atoms. The summed E-state index contributed by atoms with van der Waals surface area (Å²) in [5.74, 6) is 0.939. The molecule has 0 spiro atoms. The van der Waals surface area contributed by atoms with Crippen molar-refractivity contribution in [3.8, 4) is 0 Å². The molecule has 5 atom stereocenters. The fourth-order valence-corrected chi connectivity index (χ4v) is 8.33. The third-order valence-corrected chi connectivity index (χ3v) is 11.8. The molecular weight excluding hydrogens is 782 g/mol. The lowest BCUT2D eigenvalue weighted by atomic mass is 9.91. The molecule has 16 nitrogen and oxygen atoms in total. The Balaban J connectivity index is 0.00000512. The summed E-state index contributed by atoms with van der Waals surface area (Å²) in [6.45, 7) is 3.51. The van der Waals surface area contributed by atoms with Gasteiger partial charge in [0.2, 0.25) is 16.0 Å². The second kappa shape index (κ2) is 17.1. The number of nitrogens with zero attached hydrogens (tertiary/aromatic N) is 7. The summed E-state index contributed by atoms with van der Waals surface area (Å²) in [6.07, 6.45) is 5.01. The van der Waals surface area contributed by atoms with Crippen LogP contribution in [0.5, 0.6) is 0 Å². The summed E-state index contributed by atoms with van der Waals surface area (Å²) in [5, 5.41) is 41.7. The van der Waals surface area contributed by atoms with Gasteiger partial charge in [-0.1, -0.05) is 67.6 Å². The SMILES string of the molecule is CCc1cnn([C@H]2C[C@@H](n3cnc4c(NCC(c5ccccc5)c5ccccc5)nc(N5CC[C@@H](NC(=O)Nc6ccc(S(N)(=O)=O)cc6)C5)nc43)[C@H](O)[C@@H]2O)c1.Cl. The molecule has 3 aromatic heterocycles. The Bertz CT molecular complexity index is 2410. The number of amides is 2. The molecule has 0 radical (unpaired) electrons. The number of imidazole rings is 1. The van der Waals surface area contributed by atoms with Crippen LogP contribution in [-0.4, -0.2) is 91.8 Å². The number of urea groups is 1. The Morgan fingerprint density at radius 1 is 0.948 bits per heavy atom. The van der Waals surface area contributed by atoms with Crippen molar-refractivity contribution in [3.05, 3.63) is 120 Å². The van der Waals surface area contributed by atoms with Crippen LogP contribution in [0.2, 0.25) is 0 Å². The number of aryl methyl sites for hydroxylation is 1. The predicted octanol–water partition coefficient (Wildman–Crippen LogP) is 4.21. The van der Waals surface area contributed by atoms with E-state index in [4.69, 9.17) is 20.1 Å². The van der Waals surface area contributed by atoms with Crippen LogP contribution < -0.4 is 26.0 Å². The molecule has 304 valence electrons. The van der Waals surface area contributed by atoms with Gasteiger partial charge >= 0.3 is 6.03 Å². The van der Waals surface area contributed by atoms with Gasteiger partial charge in [-0.15, -0.1) is 12.4 Å². The van der Waals surface area contributed by atoms with Crippen LogP contribution in [0.25, 0.3) is 11.2 Å². The minimum absolute atomic E-state index is 0. The van der Waals surface area contributed by atoms with Crippen molar-refractivity contribution in [1.29, 1.82) is 0 Å². The largest absolute Gasteiger partial charge is 0.388 e. The topological polar surface area (TPSA) is 218 Å². The van der Waals surface area contributed by atoms with Gasteiger partial charge in [0, 0.05) is 43.5 Å². The quantitative estimate of drug-likeness (QED) is 0.103. The molecule has 2 aliphatic rings. The average molecular weight is 828 g/mol. The molecule has 6 aromatic rings. The number of halogens is 1. The first-order valence-corrected chi connectivity index (χ1v) is 20.5. The number of sulfonamides is 1. The van der Waals surface area contributed by atoms with Crippen LogP contribution >= 0.6 is 12.4 Å². The van der Waals surface area contributed by atoms with Crippen LogP contribution in [0.3, 0.4) is 0 Å². The van der Waals surface area contributed by atoms with Crippen LogP contribution in [0.15, 0.2) is 109 Å². The molecule has 1 aliphatic carbocycles. The lowest BCUT2D eigenvalue weighted by Crippen LogP contribution is -2.40. The lowest BCUT2D eigenvalue weighted by molar-refractivity contribution is 0.00721. The number of benzene rings is 3. The van der Waals surface area contributed by atoms with Gasteiger partial charge in [-0.25, -0.2) is 23.3 Å². The highest BCUT2D eigenvalue weighted by molar-refractivity contribution is 7.89. The van der Waals surface area contributed by atoms with E-state index in [2.05, 4.69) is 45.3 Å². The number of aromatic nitrogens is 6. The normalized spacial score (nSPS) is 20.6. The fourth-order valence-electron chi connectivity index (χ4n) is 7.82. The van der Waals surface area contributed by atoms with Gasteiger partial charge in [0.05, 0.1) is 29.5 Å². The highest BCUT2D eigenvalue weighted by Gasteiger charge is 2.44. The zero-order valence-corrected chi connectivity index (χ0v) is 33.3. The van der Waals surface area contributed by atoms with Gasteiger partial charge in [-0.05, 0) is 60.2 Å². The number of nitrogens with two attached hydrogens (primary N) is 1. The molecular formula is C40H46ClN11O5S. The van der Waals surface area contributed by atoms with Crippen molar-refractivity contribution in [2.45, 2.75) is 67.3 Å². The molecule has 1 saturated heterocycles. The van der Waals surface area contributed by atoms with E-state index in [0.29, 0.717) is 61.1 Å². The smallest absolute Gasteiger partial charge is 0.319 e. The van der Waals surface area contributed by atoms with Crippen molar-refractivity contribution in [3.63, 3.8) is 0 Å². The van der Waals surface area contributed by atoms with Crippen molar-refractivity contribution in [1.82, 2.24) is 34.6 Å². The van der Waals surface area contributed by atoms with Crippen LogP contribution in [0.4, 0.5) is 22.2 Å². The molecule has 1 saturated carbocycles. The number of aliphatic hydroxyl groups is 2. The lowest BCUT2D eigenvalue weighted by Gasteiger charge is -2.22. The predicted molar refractivity (Wildman–Crippen MR) is 223 cm³/mol. The van der Waals surface area contributed by atoms with E-state index in [0.717, 1.165) is 23.1 Å². The molecule has 4 heterocycles. The van der Waals surface area contributed by atoms with E-state index in [1.807, 2.05) is 59.0 Å². The van der Waals surface area contributed by atoms with Gasteiger partial charge in [0.1, 0.15) is 12.2 Å². The van der Waals surface area contributed by atoms with E-state index in [1.165, 1.54) is 24.3 Å². The summed E-state index contributed by atoms with van der Waals surface area (Å²) in [7, 11) is -3.86. The first-order chi connectivity index (χ1) is 27.6. The zero-order chi connectivity index (χ0) is 39.7. The summed E-state index contributed by atoms with van der Waals surface area (Å²) in [4.78, 5) is 29.7. The standard InChI is InChI=1S/C40H45N11O5S.ClH/c1-2-25-20-44-51(22-25)33-19-32(35(52)36(33)53)50-24-43-34-37(42-21-31(26-9-5-3-6-10-26)27-11-7-4-8-12-27)47-39(48-38(34)50)49-18-17-29(23-49)46-40(54)45-28-13-15-30(16-14-28)57(41,55)56;/h3-16,20,22,24,29,31-33,35-36,52-53H,2,17-19,21,23H2,1H3,(H2,41,55,56)(H,42,47,48)(H2,45,46,54);1H/t29-,32-,33+,35+,36-;/m1./s1. The Labute approximate surface area is 342 Å². The molecule has 2 fully saturated rings. The molecule has 0 unspecified atom stereocenters. The minimum Gasteiger partial charge on any atom is -0.388 e. The first-order valence-electron chi connectivity index (χ1n) is 19.0. The molecule has 3 aromatic carbocycles. The Morgan fingerprint density at radius 2 is 1.62 bits per heavy atom. The number of aliphatic hydroxyl groups excluding tert-OH is 2. The Kier molecular flexibility index (Phi) is 12.0. The molecule has 1 aliphatic heterocycles. The number of fused-ring (bicyclic) bond motifs is 1. The van der Waals surface area contributed by atoms with Crippen molar-refractivity contribution in [2.75, 3.05) is 35.2 Å². The first kappa shape index (κ1) is 40.6. The minimum atomic E-state index is -3.86. The Morgan fingerprint density at radius 3 is 2.26 bits per heavy atom. The number of rotatable bonds is 12. The molecule has 2 amide bonds. The van der Waals surface area contributed by atoms with Gasteiger partial charge in [0.15, 0.2) is 17.0 Å². The van der Waals surface area contributed by atoms with Gasteiger partial charge in [-0.3, -0.25) is 4.68 Å². The third kappa shape index (κ3) is 8.49. The summed E-state index contributed by atoms with van der Waals surface area (Å²) in [5.41, 5.74) is 4.76.